The second-order valence-electron chi connectivity index (χ2n) is 23.0. The van der Waals surface area contributed by atoms with Gasteiger partial charge < -0.3 is 28.8 Å². The molecule has 0 aromatic heterocycles. The molecule has 0 amide bonds. The van der Waals surface area contributed by atoms with Gasteiger partial charge in [-0.2, -0.15) is 0 Å². The van der Waals surface area contributed by atoms with E-state index in [0.29, 0.717) is 44.9 Å². The number of aliphatic hydroxyl groups is 1. The van der Waals surface area contributed by atoms with Crippen LogP contribution in [0.1, 0.15) is 172 Å². The van der Waals surface area contributed by atoms with Gasteiger partial charge in [-0.1, -0.05) is 6.92 Å². The van der Waals surface area contributed by atoms with Crippen LogP contribution in [0.3, 0.4) is 0 Å². The van der Waals surface area contributed by atoms with Gasteiger partial charge in [0.25, 0.3) is 0 Å². The molecule has 9 rings (SSSR count). The molecule has 7 unspecified atom stereocenters. The summed E-state index contributed by atoms with van der Waals surface area (Å²) in [6.45, 7) is 18.1. The first-order valence-electron chi connectivity index (χ1n) is 21.5. The normalized spacial score (nSPS) is 40.0. The lowest BCUT2D eigenvalue weighted by Gasteiger charge is -2.60. The van der Waals surface area contributed by atoms with Crippen LogP contribution >= 0.6 is 0 Å². The third-order valence-electron chi connectivity index (χ3n) is 15.1. The van der Waals surface area contributed by atoms with Crippen molar-refractivity contribution in [3.05, 3.63) is 0 Å². The molecule has 0 spiro atoms. The molecule has 9 fully saturated rings. The minimum Gasteiger partial charge on any atom is -0.460 e. The van der Waals surface area contributed by atoms with E-state index < -0.39 is 79.6 Å². The van der Waals surface area contributed by atoms with Gasteiger partial charge in [0.1, 0.15) is 22.4 Å². The Balaban J connectivity index is 1.15. The fourth-order valence-corrected chi connectivity index (χ4v) is 13.5. The molecule has 1 saturated heterocycles. The van der Waals surface area contributed by atoms with Crippen molar-refractivity contribution in [2.24, 2.45) is 45.3 Å². The Morgan fingerprint density at radius 3 is 1.68 bits per heavy atom. The summed E-state index contributed by atoms with van der Waals surface area (Å²) in [4.78, 5) is 69.8. The average molecular weight is 785 g/mol. The maximum absolute atomic E-state index is 15.0. The molecule has 11 nitrogen and oxygen atoms in total. The number of esters is 5. The standard InChI is InChI=1S/C45H68O11/c1-11-40(9,34(48)55-44-19-27-12-28(20-44)16-42(15-27,25-44)36(50)54-37(2,3)4)24-41(10,23-38(5,6)33(47)52-31-14-32(46)53-39(31,7)8)35(49)56-45-21-29-13-30(22-45)18-43(51,17-29)26-45/h27-31,51H,11-26H2,1-10H3. The summed E-state index contributed by atoms with van der Waals surface area (Å²) in [5, 5.41) is 11.5. The zero-order valence-electron chi connectivity index (χ0n) is 35.7. The van der Waals surface area contributed by atoms with E-state index in [2.05, 4.69) is 0 Å². The van der Waals surface area contributed by atoms with Crippen LogP contribution in [-0.4, -0.2) is 69.1 Å². The summed E-state index contributed by atoms with van der Waals surface area (Å²) in [7, 11) is 0. The van der Waals surface area contributed by atoms with E-state index >= 15 is 0 Å². The van der Waals surface area contributed by atoms with Gasteiger partial charge in [0, 0.05) is 12.8 Å². The van der Waals surface area contributed by atoms with E-state index in [1.807, 2.05) is 34.6 Å². The molecule has 7 atom stereocenters. The predicted octanol–water partition coefficient (Wildman–Crippen LogP) is 7.70. The fraction of sp³-hybridized carbons (Fsp3) is 0.889. The molecular weight excluding hydrogens is 716 g/mol. The van der Waals surface area contributed by atoms with E-state index in [1.165, 1.54) is 0 Å². The molecule has 8 aliphatic carbocycles. The fourth-order valence-electron chi connectivity index (χ4n) is 13.5. The van der Waals surface area contributed by atoms with Crippen LogP contribution in [0.15, 0.2) is 0 Å². The molecule has 8 saturated carbocycles. The number of hydrogen-bond acceptors (Lipinski definition) is 11. The Morgan fingerprint density at radius 1 is 0.714 bits per heavy atom. The lowest BCUT2D eigenvalue weighted by molar-refractivity contribution is -0.230. The van der Waals surface area contributed by atoms with Gasteiger partial charge in [-0.15, -0.1) is 0 Å². The number of rotatable bonds is 12. The molecule has 0 aromatic rings. The van der Waals surface area contributed by atoms with Gasteiger partial charge in [0.05, 0.1) is 33.7 Å². The third-order valence-corrected chi connectivity index (χ3v) is 15.1. The Kier molecular flexibility index (Phi) is 9.74. The minimum atomic E-state index is -1.35. The molecule has 1 aliphatic heterocycles. The van der Waals surface area contributed by atoms with Crippen LogP contribution in [0.4, 0.5) is 0 Å². The lowest BCUT2D eigenvalue weighted by atomic mass is 9.47. The van der Waals surface area contributed by atoms with E-state index in [-0.39, 0.29) is 48.9 Å². The molecule has 1 heterocycles. The van der Waals surface area contributed by atoms with Gasteiger partial charge in [0.2, 0.25) is 0 Å². The highest BCUT2D eigenvalue weighted by Gasteiger charge is 2.65. The molecule has 8 bridgehead atoms. The maximum atomic E-state index is 15.0. The number of hydrogen-bond donors (Lipinski definition) is 1. The maximum Gasteiger partial charge on any atom is 0.312 e. The second-order valence-corrected chi connectivity index (χ2v) is 23.0. The molecule has 9 aliphatic rings. The first kappa shape index (κ1) is 41.5. The molecule has 0 aromatic carbocycles. The number of carbonyl (C=O) groups excluding carboxylic acids is 5. The summed E-state index contributed by atoms with van der Waals surface area (Å²) >= 11 is 0. The highest BCUT2D eigenvalue weighted by molar-refractivity contribution is 5.84. The number of cyclic esters (lactones) is 1. The van der Waals surface area contributed by atoms with Crippen LogP contribution in [0.2, 0.25) is 0 Å². The quantitative estimate of drug-likeness (QED) is 0.153. The monoisotopic (exact) mass is 784 g/mol. The van der Waals surface area contributed by atoms with Crippen molar-refractivity contribution in [3.8, 4) is 0 Å². The van der Waals surface area contributed by atoms with Crippen LogP contribution in [0, 0.1) is 45.3 Å². The molecular formula is C45H68O11. The summed E-state index contributed by atoms with van der Waals surface area (Å²) < 4.78 is 30.7. The van der Waals surface area contributed by atoms with E-state index in [4.69, 9.17) is 23.7 Å². The van der Waals surface area contributed by atoms with Crippen LogP contribution in [-0.2, 0) is 47.7 Å². The highest BCUT2D eigenvalue weighted by Crippen LogP contribution is 2.64. The SMILES string of the molecule is CCC(C)(CC(C)(CC(C)(C)C(=O)OC1CC(=O)OC1(C)C)C(=O)OC12CC3CC(CC(O)(C3)C1)C2)C(=O)OC12CC3CC(C1)CC(C(=O)OC(C)(C)C)(C3)C2. The molecule has 314 valence electrons. The predicted molar refractivity (Wildman–Crippen MR) is 204 cm³/mol. The third kappa shape index (κ3) is 7.65. The minimum absolute atomic E-state index is 0.00669. The van der Waals surface area contributed by atoms with E-state index in [0.717, 1.165) is 38.5 Å². The summed E-state index contributed by atoms with van der Waals surface area (Å²) in [5.41, 5.74) is -8.49. The van der Waals surface area contributed by atoms with Crippen molar-refractivity contribution in [2.45, 2.75) is 206 Å². The Bertz CT molecular complexity index is 1620. The van der Waals surface area contributed by atoms with Crippen LogP contribution in [0.5, 0.6) is 0 Å². The zero-order chi connectivity index (χ0) is 41.1. The zero-order valence-corrected chi connectivity index (χ0v) is 35.7. The van der Waals surface area contributed by atoms with E-state index in [9.17, 15) is 29.1 Å². The summed E-state index contributed by atoms with van der Waals surface area (Å²) in [6, 6.07) is 0. The number of carbonyl (C=O) groups is 5. The van der Waals surface area contributed by atoms with Gasteiger partial charge in [0.15, 0.2) is 6.10 Å². The van der Waals surface area contributed by atoms with Crippen molar-refractivity contribution in [1.82, 2.24) is 0 Å². The van der Waals surface area contributed by atoms with Crippen LogP contribution < -0.4 is 0 Å². The summed E-state index contributed by atoms with van der Waals surface area (Å²) in [5.74, 6) is -1.02. The lowest BCUT2D eigenvalue weighted by Crippen LogP contribution is -2.61. The van der Waals surface area contributed by atoms with Gasteiger partial charge in [-0.25, -0.2) is 0 Å². The average Bonchev–Trinajstić information content (AvgIpc) is 3.27. The smallest absolute Gasteiger partial charge is 0.312 e. The van der Waals surface area contributed by atoms with Gasteiger partial charge in [-0.05, 0) is 169 Å². The number of ether oxygens (including phenoxy) is 5. The van der Waals surface area contributed by atoms with Crippen LogP contribution in [0.25, 0.3) is 0 Å². The van der Waals surface area contributed by atoms with Crippen molar-refractivity contribution in [3.63, 3.8) is 0 Å². The Morgan fingerprint density at radius 2 is 1.21 bits per heavy atom. The Labute approximate surface area is 333 Å². The second kappa shape index (κ2) is 13.2. The van der Waals surface area contributed by atoms with Crippen molar-refractivity contribution in [1.29, 1.82) is 0 Å². The molecule has 56 heavy (non-hydrogen) atoms. The van der Waals surface area contributed by atoms with Crippen molar-refractivity contribution >= 4 is 29.8 Å². The molecule has 1 N–H and O–H groups in total. The summed E-state index contributed by atoms with van der Waals surface area (Å²) in [6.07, 6.45) is 8.19. The largest absolute Gasteiger partial charge is 0.460 e. The first-order chi connectivity index (χ1) is 25.6. The highest BCUT2D eigenvalue weighted by atomic mass is 16.6. The topological polar surface area (TPSA) is 152 Å². The Hall–Kier alpha value is -2.69. The molecule has 0 radical (unpaired) electrons. The van der Waals surface area contributed by atoms with E-state index in [1.54, 1.807) is 34.6 Å². The first-order valence-corrected chi connectivity index (χ1v) is 21.5. The van der Waals surface area contributed by atoms with Crippen molar-refractivity contribution < 1.29 is 52.8 Å². The van der Waals surface area contributed by atoms with Gasteiger partial charge in [-0.3, -0.25) is 24.0 Å². The van der Waals surface area contributed by atoms with Gasteiger partial charge >= 0.3 is 29.8 Å². The molecule has 11 heteroatoms. The van der Waals surface area contributed by atoms with Crippen molar-refractivity contribution in [2.75, 3.05) is 0 Å².